The van der Waals surface area contributed by atoms with E-state index in [4.69, 9.17) is 16.9 Å². The highest BCUT2D eigenvalue weighted by Crippen LogP contribution is 2.29. The van der Waals surface area contributed by atoms with E-state index in [1.54, 1.807) is 6.07 Å². The van der Waals surface area contributed by atoms with E-state index < -0.39 is 12.0 Å². The number of fused-ring (bicyclic) bond motifs is 1. The van der Waals surface area contributed by atoms with Gasteiger partial charge in [-0.2, -0.15) is 0 Å². The SMILES string of the molecule is C#CC(Oc1cccc(Cn2c(C)c(C)c3cc(C(=O)NC(C)c4ccc(C(C)(C)C)cc4)ccc32)c1)C(N)=O. The Kier molecular flexibility index (Phi) is 8.06. The second-order valence-electron chi connectivity index (χ2n) is 11.3. The summed E-state index contributed by atoms with van der Waals surface area (Å²) in [7, 11) is 0. The molecule has 2 unspecified atom stereocenters. The first kappa shape index (κ1) is 28.5. The van der Waals surface area contributed by atoms with Crippen LogP contribution >= 0.6 is 0 Å². The van der Waals surface area contributed by atoms with Gasteiger partial charge in [0.15, 0.2) is 0 Å². The van der Waals surface area contributed by atoms with E-state index in [0.717, 1.165) is 33.3 Å². The molecule has 2 atom stereocenters. The molecule has 3 aromatic carbocycles. The van der Waals surface area contributed by atoms with Crippen molar-refractivity contribution in [1.82, 2.24) is 9.88 Å². The van der Waals surface area contributed by atoms with Crippen LogP contribution < -0.4 is 15.8 Å². The van der Waals surface area contributed by atoms with Crippen LogP contribution in [0.2, 0.25) is 0 Å². The van der Waals surface area contributed by atoms with Crippen molar-refractivity contribution in [3.05, 3.63) is 100 Å². The van der Waals surface area contributed by atoms with E-state index in [9.17, 15) is 9.59 Å². The number of hydrogen-bond donors (Lipinski definition) is 2. The molecule has 0 saturated carbocycles. The second-order valence-corrected chi connectivity index (χ2v) is 11.3. The smallest absolute Gasteiger partial charge is 0.271 e. The average molecular weight is 536 g/mol. The van der Waals surface area contributed by atoms with Crippen molar-refractivity contribution in [2.75, 3.05) is 0 Å². The Morgan fingerprint density at radius 1 is 1.05 bits per heavy atom. The molecule has 0 aliphatic rings. The van der Waals surface area contributed by atoms with Gasteiger partial charge < -0.3 is 20.4 Å². The van der Waals surface area contributed by atoms with Crippen LogP contribution in [-0.2, 0) is 16.8 Å². The molecule has 6 heteroatoms. The van der Waals surface area contributed by atoms with E-state index in [2.05, 4.69) is 74.7 Å². The predicted molar refractivity (Wildman–Crippen MR) is 160 cm³/mol. The number of amides is 2. The fourth-order valence-corrected chi connectivity index (χ4v) is 4.84. The van der Waals surface area contributed by atoms with Crippen LogP contribution in [0, 0.1) is 26.2 Å². The lowest BCUT2D eigenvalue weighted by Gasteiger charge is -2.21. The summed E-state index contributed by atoms with van der Waals surface area (Å²) in [5, 5.41) is 4.17. The lowest BCUT2D eigenvalue weighted by Crippen LogP contribution is -2.32. The van der Waals surface area contributed by atoms with Crippen LogP contribution in [0.5, 0.6) is 5.75 Å². The van der Waals surface area contributed by atoms with Crippen LogP contribution in [0.15, 0.2) is 66.7 Å². The zero-order chi connectivity index (χ0) is 29.2. The Balaban J connectivity index is 1.54. The predicted octanol–water partition coefficient (Wildman–Crippen LogP) is 5.96. The molecule has 0 fully saturated rings. The third-order valence-corrected chi connectivity index (χ3v) is 7.43. The number of ether oxygens (including phenoxy) is 1. The molecule has 1 heterocycles. The van der Waals surface area contributed by atoms with Gasteiger partial charge in [-0.3, -0.25) is 9.59 Å². The van der Waals surface area contributed by atoms with Gasteiger partial charge in [0.2, 0.25) is 6.10 Å². The standard InChI is InChI=1S/C34H37N3O3/c1-8-31(32(35)38)40-28-11-9-10-24(18-28)20-37-23(4)21(2)29-19-26(14-17-30(29)37)33(39)36-22(3)25-12-15-27(16-13-25)34(5,6)7/h1,9-19,22,31H,20H2,2-7H3,(H2,35,38)(H,36,39). The Hall–Kier alpha value is -4.50. The van der Waals surface area contributed by atoms with Gasteiger partial charge in [0.25, 0.3) is 11.8 Å². The number of nitrogens with zero attached hydrogens (tertiary/aromatic N) is 1. The molecule has 0 radical (unpaired) electrons. The maximum absolute atomic E-state index is 13.2. The third-order valence-electron chi connectivity index (χ3n) is 7.43. The average Bonchev–Trinajstić information content (AvgIpc) is 3.15. The molecule has 6 nitrogen and oxygen atoms in total. The van der Waals surface area contributed by atoms with Crippen LogP contribution in [0.1, 0.15) is 72.0 Å². The van der Waals surface area contributed by atoms with Crippen LogP contribution in [0.3, 0.4) is 0 Å². The number of aryl methyl sites for hydroxylation is 1. The van der Waals surface area contributed by atoms with Crippen molar-refractivity contribution >= 4 is 22.7 Å². The monoisotopic (exact) mass is 535 g/mol. The maximum atomic E-state index is 13.2. The summed E-state index contributed by atoms with van der Waals surface area (Å²) in [5.41, 5.74) is 12.6. The van der Waals surface area contributed by atoms with Gasteiger partial charge in [-0.1, -0.05) is 63.1 Å². The highest BCUT2D eigenvalue weighted by Gasteiger charge is 2.18. The number of carbonyl (C=O) groups is 2. The number of benzene rings is 3. The topological polar surface area (TPSA) is 86.3 Å². The number of carbonyl (C=O) groups excluding carboxylic acids is 2. The zero-order valence-electron chi connectivity index (χ0n) is 24.0. The van der Waals surface area contributed by atoms with Crippen molar-refractivity contribution < 1.29 is 14.3 Å². The van der Waals surface area contributed by atoms with Crippen molar-refractivity contribution in [3.63, 3.8) is 0 Å². The number of aromatic nitrogens is 1. The molecule has 0 aliphatic heterocycles. The Labute approximate surface area is 236 Å². The Morgan fingerprint density at radius 2 is 1.75 bits per heavy atom. The Morgan fingerprint density at radius 3 is 2.38 bits per heavy atom. The minimum Gasteiger partial charge on any atom is -0.468 e. The fraction of sp³-hybridized carbons (Fsp3) is 0.294. The summed E-state index contributed by atoms with van der Waals surface area (Å²) in [4.78, 5) is 24.7. The molecule has 0 saturated heterocycles. The fourth-order valence-electron chi connectivity index (χ4n) is 4.84. The van der Waals surface area contributed by atoms with E-state index in [1.165, 1.54) is 5.56 Å². The number of nitrogens with two attached hydrogens (primary N) is 1. The highest BCUT2D eigenvalue weighted by molar-refractivity contribution is 5.99. The number of nitrogens with one attached hydrogen (secondary N) is 1. The normalized spacial score (nSPS) is 12.9. The lowest BCUT2D eigenvalue weighted by atomic mass is 9.86. The molecule has 0 bridgehead atoms. The quantitative estimate of drug-likeness (QED) is 0.273. The molecule has 4 rings (SSSR count). The number of primary amides is 1. The number of hydrogen-bond acceptors (Lipinski definition) is 3. The summed E-state index contributed by atoms with van der Waals surface area (Å²) < 4.78 is 7.79. The molecule has 2 amide bonds. The Bertz CT molecular complexity index is 1600. The van der Waals surface area contributed by atoms with Gasteiger partial charge >= 0.3 is 0 Å². The third kappa shape index (κ3) is 6.05. The summed E-state index contributed by atoms with van der Waals surface area (Å²) in [6.45, 7) is 13.3. The van der Waals surface area contributed by atoms with E-state index >= 15 is 0 Å². The molecular weight excluding hydrogens is 498 g/mol. The van der Waals surface area contributed by atoms with Gasteiger partial charge in [-0.25, -0.2) is 0 Å². The first-order valence-electron chi connectivity index (χ1n) is 13.4. The number of rotatable bonds is 8. The van der Waals surface area contributed by atoms with Crippen molar-refractivity contribution in [2.45, 2.75) is 65.6 Å². The van der Waals surface area contributed by atoms with E-state index in [0.29, 0.717) is 17.9 Å². The molecule has 0 aliphatic carbocycles. The molecule has 3 N–H and O–H groups in total. The van der Waals surface area contributed by atoms with Crippen LogP contribution in [0.25, 0.3) is 10.9 Å². The maximum Gasteiger partial charge on any atom is 0.271 e. The molecule has 4 aromatic rings. The largest absolute Gasteiger partial charge is 0.468 e. The molecule has 0 spiro atoms. The first-order valence-corrected chi connectivity index (χ1v) is 13.4. The van der Waals surface area contributed by atoms with Crippen LogP contribution in [-0.4, -0.2) is 22.5 Å². The van der Waals surface area contributed by atoms with E-state index in [-0.39, 0.29) is 17.4 Å². The number of terminal acetylenes is 1. The molecule has 1 aromatic heterocycles. The van der Waals surface area contributed by atoms with Gasteiger partial charge in [0.05, 0.1) is 6.04 Å². The first-order chi connectivity index (χ1) is 18.9. The minimum absolute atomic E-state index is 0.0827. The molecular formula is C34H37N3O3. The zero-order valence-corrected chi connectivity index (χ0v) is 24.0. The van der Waals surface area contributed by atoms with Gasteiger partial charge in [0.1, 0.15) is 5.75 Å². The molecule has 40 heavy (non-hydrogen) atoms. The highest BCUT2D eigenvalue weighted by atomic mass is 16.5. The van der Waals surface area contributed by atoms with Crippen molar-refractivity contribution in [2.24, 2.45) is 5.73 Å². The van der Waals surface area contributed by atoms with Crippen molar-refractivity contribution in [1.29, 1.82) is 0 Å². The molecule has 206 valence electrons. The summed E-state index contributed by atoms with van der Waals surface area (Å²) in [6.07, 6.45) is 4.25. The van der Waals surface area contributed by atoms with Gasteiger partial charge in [0, 0.05) is 28.7 Å². The van der Waals surface area contributed by atoms with Crippen LogP contribution in [0.4, 0.5) is 0 Å². The van der Waals surface area contributed by atoms with Gasteiger partial charge in [-0.05, 0) is 78.8 Å². The summed E-state index contributed by atoms with van der Waals surface area (Å²) >= 11 is 0. The summed E-state index contributed by atoms with van der Waals surface area (Å²) in [5.74, 6) is 1.93. The lowest BCUT2D eigenvalue weighted by molar-refractivity contribution is -0.122. The van der Waals surface area contributed by atoms with Crippen molar-refractivity contribution in [3.8, 4) is 18.1 Å². The minimum atomic E-state index is -1.12. The van der Waals surface area contributed by atoms with E-state index in [1.807, 2.05) is 43.3 Å². The summed E-state index contributed by atoms with van der Waals surface area (Å²) in [6, 6.07) is 21.6. The van der Waals surface area contributed by atoms with Gasteiger partial charge in [-0.15, -0.1) is 6.42 Å². The second kappa shape index (κ2) is 11.3.